The number of hydrogen-bond acceptors (Lipinski definition) is 4. The number of aryl methyl sites for hydroxylation is 1. The summed E-state index contributed by atoms with van der Waals surface area (Å²) >= 11 is 1.56. The summed E-state index contributed by atoms with van der Waals surface area (Å²) in [6.45, 7) is 1.99. The number of rotatable bonds is 2. The summed E-state index contributed by atoms with van der Waals surface area (Å²) in [6, 6.07) is 13.4. The Morgan fingerprint density at radius 2 is 1.84 bits per heavy atom. The van der Waals surface area contributed by atoms with Gasteiger partial charge in [-0.25, -0.2) is 0 Å². The standard InChI is InChI=1S/C15H12N2OS/c1-10-8-15(17-16-9-10)19-14-7-6-13(18)11-4-2-3-5-12(11)14/h2-9,18H,1H3. The number of aromatic hydroxyl groups is 1. The van der Waals surface area contributed by atoms with Gasteiger partial charge < -0.3 is 5.11 Å². The fourth-order valence-corrected chi connectivity index (χ4v) is 2.93. The molecule has 0 unspecified atom stereocenters. The Kier molecular flexibility index (Phi) is 3.09. The van der Waals surface area contributed by atoms with Crippen LogP contribution >= 0.6 is 11.8 Å². The smallest absolute Gasteiger partial charge is 0.124 e. The van der Waals surface area contributed by atoms with Gasteiger partial charge in [-0.3, -0.25) is 0 Å². The topological polar surface area (TPSA) is 46.0 Å². The van der Waals surface area contributed by atoms with Gasteiger partial charge in [-0.15, -0.1) is 5.10 Å². The van der Waals surface area contributed by atoms with Crippen LogP contribution in [0, 0.1) is 6.92 Å². The number of phenolic OH excluding ortho intramolecular Hbond substituents is 1. The number of phenols is 1. The zero-order valence-electron chi connectivity index (χ0n) is 10.4. The van der Waals surface area contributed by atoms with Crippen molar-refractivity contribution in [1.29, 1.82) is 0 Å². The maximum Gasteiger partial charge on any atom is 0.124 e. The van der Waals surface area contributed by atoms with E-state index < -0.39 is 0 Å². The van der Waals surface area contributed by atoms with Crippen LogP contribution in [0.5, 0.6) is 5.75 Å². The second kappa shape index (κ2) is 4.90. The Morgan fingerprint density at radius 3 is 2.63 bits per heavy atom. The quantitative estimate of drug-likeness (QED) is 0.768. The molecule has 0 bridgehead atoms. The molecular formula is C15H12N2OS. The maximum absolute atomic E-state index is 9.87. The first-order chi connectivity index (χ1) is 9.24. The molecule has 3 aromatic rings. The van der Waals surface area contributed by atoms with Crippen molar-refractivity contribution in [1.82, 2.24) is 10.2 Å². The molecule has 4 heteroatoms. The summed E-state index contributed by atoms with van der Waals surface area (Å²) in [5, 5.41) is 20.7. The Labute approximate surface area is 115 Å². The lowest BCUT2D eigenvalue weighted by Crippen LogP contribution is -1.86. The van der Waals surface area contributed by atoms with Gasteiger partial charge in [0, 0.05) is 10.3 Å². The lowest BCUT2D eigenvalue weighted by atomic mass is 10.1. The molecule has 0 spiro atoms. The van der Waals surface area contributed by atoms with Crippen molar-refractivity contribution in [3.05, 3.63) is 54.2 Å². The van der Waals surface area contributed by atoms with Gasteiger partial charge in [-0.05, 0) is 36.1 Å². The van der Waals surface area contributed by atoms with Gasteiger partial charge in [0.1, 0.15) is 10.8 Å². The Bertz CT molecular complexity index is 743. The number of benzene rings is 2. The average molecular weight is 268 g/mol. The molecule has 1 heterocycles. The monoisotopic (exact) mass is 268 g/mol. The minimum absolute atomic E-state index is 0.301. The Hall–Kier alpha value is -2.07. The lowest BCUT2D eigenvalue weighted by molar-refractivity contribution is 0.481. The summed E-state index contributed by atoms with van der Waals surface area (Å²) in [7, 11) is 0. The molecule has 0 radical (unpaired) electrons. The van der Waals surface area contributed by atoms with Crippen LogP contribution in [0.25, 0.3) is 10.8 Å². The molecule has 1 aromatic heterocycles. The third-order valence-electron chi connectivity index (χ3n) is 2.84. The van der Waals surface area contributed by atoms with Crippen molar-refractivity contribution in [2.24, 2.45) is 0 Å². The molecule has 3 rings (SSSR count). The third-order valence-corrected chi connectivity index (χ3v) is 3.83. The summed E-state index contributed by atoms with van der Waals surface area (Å²) in [4.78, 5) is 1.06. The van der Waals surface area contributed by atoms with Gasteiger partial charge in [0.15, 0.2) is 0 Å². The maximum atomic E-state index is 9.87. The van der Waals surface area contributed by atoms with Gasteiger partial charge >= 0.3 is 0 Å². The van der Waals surface area contributed by atoms with E-state index in [1.807, 2.05) is 43.3 Å². The summed E-state index contributed by atoms with van der Waals surface area (Å²) in [6.07, 6.45) is 1.74. The summed E-state index contributed by atoms with van der Waals surface area (Å²) in [5.74, 6) is 0.301. The fraction of sp³-hybridized carbons (Fsp3) is 0.0667. The van der Waals surface area contributed by atoms with E-state index in [1.54, 1.807) is 24.0 Å². The molecule has 0 aliphatic heterocycles. The van der Waals surface area contributed by atoms with Gasteiger partial charge in [-0.1, -0.05) is 36.0 Å². The second-order valence-electron chi connectivity index (χ2n) is 4.30. The van der Waals surface area contributed by atoms with E-state index in [0.717, 1.165) is 26.3 Å². The van der Waals surface area contributed by atoms with E-state index in [1.165, 1.54) is 0 Å². The van der Waals surface area contributed by atoms with E-state index in [4.69, 9.17) is 0 Å². The summed E-state index contributed by atoms with van der Waals surface area (Å²) in [5.41, 5.74) is 1.08. The highest BCUT2D eigenvalue weighted by Gasteiger charge is 2.07. The van der Waals surface area contributed by atoms with E-state index in [0.29, 0.717) is 5.75 Å². The highest BCUT2D eigenvalue weighted by Crippen LogP contribution is 2.36. The number of aromatic nitrogens is 2. The van der Waals surface area contributed by atoms with Crippen LogP contribution in [0.4, 0.5) is 0 Å². The van der Waals surface area contributed by atoms with E-state index >= 15 is 0 Å². The van der Waals surface area contributed by atoms with Crippen molar-refractivity contribution >= 4 is 22.5 Å². The van der Waals surface area contributed by atoms with Gasteiger partial charge in [0.05, 0.1) is 6.20 Å². The molecule has 0 aliphatic rings. The highest BCUT2D eigenvalue weighted by molar-refractivity contribution is 7.99. The number of hydrogen-bond donors (Lipinski definition) is 1. The van der Waals surface area contributed by atoms with Crippen LogP contribution in [0.15, 0.2) is 58.6 Å². The van der Waals surface area contributed by atoms with Crippen LogP contribution in [0.3, 0.4) is 0 Å². The third kappa shape index (κ3) is 2.39. The Morgan fingerprint density at radius 1 is 1.05 bits per heavy atom. The molecule has 1 N–H and O–H groups in total. The van der Waals surface area contributed by atoms with Crippen molar-refractivity contribution in [2.75, 3.05) is 0 Å². The molecule has 0 aliphatic carbocycles. The van der Waals surface area contributed by atoms with Gasteiger partial charge in [-0.2, -0.15) is 5.10 Å². The van der Waals surface area contributed by atoms with E-state index in [2.05, 4.69) is 10.2 Å². The van der Waals surface area contributed by atoms with E-state index in [-0.39, 0.29) is 0 Å². The fourth-order valence-electron chi connectivity index (χ4n) is 1.94. The molecule has 0 atom stereocenters. The predicted octanol–water partition coefficient (Wildman–Crippen LogP) is 3.80. The van der Waals surface area contributed by atoms with Crippen LogP contribution in [-0.2, 0) is 0 Å². The minimum atomic E-state index is 0.301. The molecular weight excluding hydrogens is 256 g/mol. The molecule has 2 aromatic carbocycles. The average Bonchev–Trinajstić information content (AvgIpc) is 2.42. The first-order valence-corrected chi connectivity index (χ1v) is 6.73. The van der Waals surface area contributed by atoms with Crippen molar-refractivity contribution < 1.29 is 5.11 Å². The molecule has 0 fully saturated rings. The second-order valence-corrected chi connectivity index (χ2v) is 5.36. The number of fused-ring (bicyclic) bond motifs is 1. The zero-order valence-corrected chi connectivity index (χ0v) is 11.2. The first-order valence-electron chi connectivity index (χ1n) is 5.92. The van der Waals surface area contributed by atoms with Crippen LogP contribution in [-0.4, -0.2) is 15.3 Å². The molecule has 0 saturated heterocycles. The molecule has 0 amide bonds. The summed E-state index contributed by atoms with van der Waals surface area (Å²) < 4.78 is 0. The van der Waals surface area contributed by atoms with Crippen LogP contribution in [0.2, 0.25) is 0 Å². The number of nitrogens with zero attached hydrogens (tertiary/aromatic N) is 2. The van der Waals surface area contributed by atoms with Crippen LogP contribution in [0.1, 0.15) is 5.56 Å². The molecule has 94 valence electrons. The molecule has 3 nitrogen and oxygen atoms in total. The zero-order chi connectivity index (χ0) is 13.2. The molecule has 19 heavy (non-hydrogen) atoms. The lowest BCUT2D eigenvalue weighted by Gasteiger charge is -2.07. The minimum Gasteiger partial charge on any atom is -0.507 e. The van der Waals surface area contributed by atoms with Crippen LogP contribution < -0.4 is 0 Å². The largest absolute Gasteiger partial charge is 0.507 e. The Balaban J connectivity index is 2.09. The predicted molar refractivity (Wildman–Crippen MR) is 76.5 cm³/mol. The first kappa shape index (κ1) is 12.0. The van der Waals surface area contributed by atoms with E-state index in [9.17, 15) is 5.11 Å². The normalized spacial score (nSPS) is 10.8. The highest BCUT2D eigenvalue weighted by atomic mass is 32.2. The van der Waals surface area contributed by atoms with Crippen molar-refractivity contribution in [3.8, 4) is 5.75 Å². The molecule has 0 saturated carbocycles. The van der Waals surface area contributed by atoms with Crippen molar-refractivity contribution in [3.63, 3.8) is 0 Å². The van der Waals surface area contributed by atoms with Gasteiger partial charge in [0.25, 0.3) is 0 Å². The van der Waals surface area contributed by atoms with Crippen molar-refractivity contribution in [2.45, 2.75) is 16.8 Å². The van der Waals surface area contributed by atoms with Gasteiger partial charge in [0.2, 0.25) is 0 Å². The SMILES string of the molecule is Cc1cnnc(Sc2ccc(O)c3ccccc23)c1.